The van der Waals surface area contributed by atoms with Gasteiger partial charge in [0.25, 0.3) is 5.91 Å². The standard InChI is InChI=1S/C20H19FN6O2S/c1-4-15(28)23-17-16-11(2)26(20(29)13-5-7-14(21)8-6-13)9-10-27(16)18(24-17)19-22-12(3)25-30-19/h4-8,11H,1,9-10H2,2-3H3,(H,23,28)/t11-/m1/s1. The molecule has 2 aromatic heterocycles. The highest BCUT2D eigenvalue weighted by atomic mass is 32.1. The predicted molar refractivity (Wildman–Crippen MR) is 111 cm³/mol. The van der Waals surface area contributed by atoms with E-state index in [4.69, 9.17) is 0 Å². The molecule has 1 atom stereocenters. The van der Waals surface area contributed by atoms with Crippen molar-refractivity contribution < 1.29 is 14.0 Å². The number of imidazole rings is 1. The van der Waals surface area contributed by atoms with Crippen LogP contribution < -0.4 is 5.32 Å². The van der Waals surface area contributed by atoms with E-state index in [1.807, 2.05) is 11.5 Å². The smallest absolute Gasteiger partial charge is 0.254 e. The first-order valence-electron chi connectivity index (χ1n) is 9.30. The second kappa shape index (κ2) is 7.79. The van der Waals surface area contributed by atoms with E-state index in [0.717, 1.165) is 6.08 Å². The molecule has 1 aliphatic heterocycles. The van der Waals surface area contributed by atoms with Crippen LogP contribution in [0, 0.1) is 12.7 Å². The number of nitrogens with one attached hydrogen (secondary N) is 1. The molecule has 4 rings (SSSR count). The van der Waals surface area contributed by atoms with Gasteiger partial charge in [0.15, 0.2) is 16.6 Å². The summed E-state index contributed by atoms with van der Waals surface area (Å²) >= 11 is 1.23. The van der Waals surface area contributed by atoms with E-state index in [1.165, 1.54) is 35.8 Å². The highest BCUT2D eigenvalue weighted by molar-refractivity contribution is 7.09. The lowest BCUT2D eigenvalue weighted by Gasteiger charge is -2.35. The Kier molecular flexibility index (Phi) is 5.17. The van der Waals surface area contributed by atoms with Gasteiger partial charge in [-0.1, -0.05) is 6.58 Å². The van der Waals surface area contributed by atoms with Crippen molar-refractivity contribution >= 4 is 29.2 Å². The van der Waals surface area contributed by atoms with Crippen molar-refractivity contribution in [2.45, 2.75) is 26.4 Å². The monoisotopic (exact) mass is 426 g/mol. The number of benzene rings is 1. The van der Waals surface area contributed by atoms with E-state index in [0.29, 0.717) is 46.8 Å². The second-order valence-corrected chi connectivity index (χ2v) is 7.59. The van der Waals surface area contributed by atoms with E-state index in [9.17, 15) is 14.0 Å². The zero-order chi connectivity index (χ0) is 21.4. The summed E-state index contributed by atoms with van der Waals surface area (Å²) < 4.78 is 19.4. The van der Waals surface area contributed by atoms with Crippen molar-refractivity contribution in [1.82, 2.24) is 23.8 Å². The summed E-state index contributed by atoms with van der Waals surface area (Å²) in [5, 5.41) is 3.37. The fourth-order valence-electron chi connectivity index (χ4n) is 3.51. The van der Waals surface area contributed by atoms with Crippen molar-refractivity contribution in [2.24, 2.45) is 0 Å². The molecule has 1 N–H and O–H groups in total. The highest BCUT2D eigenvalue weighted by Crippen LogP contribution is 2.36. The summed E-state index contributed by atoms with van der Waals surface area (Å²) in [4.78, 5) is 35.7. The number of hydrogen-bond donors (Lipinski definition) is 1. The number of rotatable bonds is 4. The summed E-state index contributed by atoms with van der Waals surface area (Å²) in [5.74, 6) is 0.570. The minimum Gasteiger partial charge on any atom is -0.328 e. The zero-order valence-electron chi connectivity index (χ0n) is 16.4. The van der Waals surface area contributed by atoms with Crippen LogP contribution in [0.3, 0.4) is 0 Å². The maximum Gasteiger partial charge on any atom is 0.254 e. The van der Waals surface area contributed by atoms with Crippen LogP contribution in [-0.2, 0) is 11.3 Å². The average Bonchev–Trinajstić information content (AvgIpc) is 3.32. The van der Waals surface area contributed by atoms with Gasteiger partial charge in [0.1, 0.15) is 11.6 Å². The van der Waals surface area contributed by atoms with Crippen LogP contribution >= 0.6 is 11.5 Å². The Morgan fingerprint density at radius 1 is 1.27 bits per heavy atom. The van der Waals surface area contributed by atoms with E-state index < -0.39 is 11.7 Å². The minimum atomic E-state index is -0.400. The van der Waals surface area contributed by atoms with Gasteiger partial charge in [-0.2, -0.15) is 4.37 Å². The predicted octanol–water partition coefficient (Wildman–Crippen LogP) is 3.19. The largest absolute Gasteiger partial charge is 0.328 e. The van der Waals surface area contributed by atoms with Crippen molar-refractivity contribution in [3.05, 3.63) is 59.8 Å². The first-order valence-corrected chi connectivity index (χ1v) is 10.1. The van der Waals surface area contributed by atoms with Crippen LogP contribution in [0.25, 0.3) is 10.8 Å². The number of anilines is 1. The molecule has 1 aliphatic rings. The van der Waals surface area contributed by atoms with Gasteiger partial charge in [-0.3, -0.25) is 9.59 Å². The third-order valence-corrected chi connectivity index (χ3v) is 5.73. The van der Waals surface area contributed by atoms with Crippen LogP contribution in [0.2, 0.25) is 0 Å². The first kappa shape index (κ1) is 19.9. The van der Waals surface area contributed by atoms with Gasteiger partial charge in [-0.05, 0) is 55.7 Å². The van der Waals surface area contributed by atoms with Crippen LogP contribution in [0.1, 0.15) is 34.8 Å². The Labute approximate surface area is 176 Å². The molecule has 2 amide bonds. The Balaban J connectivity index is 1.75. The molecule has 0 unspecified atom stereocenters. The molecular formula is C20H19FN6O2S. The number of carbonyl (C=O) groups excluding carboxylic acids is 2. The fraction of sp³-hybridized carbons (Fsp3) is 0.250. The third kappa shape index (κ3) is 3.50. The lowest BCUT2D eigenvalue weighted by Crippen LogP contribution is -2.41. The summed E-state index contributed by atoms with van der Waals surface area (Å²) in [6, 6.07) is 5.07. The molecule has 1 aromatic carbocycles. The highest BCUT2D eigenvalue weighted by Gasteiger charge is 2.34. The van der Waals surface area contributed by atoms with Crippen LogP contribution in [-0.4, -0.2) is 42.2 Å². The van der Waals surface area contributed by atoms with E-state index in [1.54, 1.807) is 11.8 Å². The Hall–Kier alpha value is -3.40. The van der Waals surface area contributed by atoms with Gasteiger partial charge in [0.05, 0.1) is 11.7 Å². The van der Waals surface area contributed by atoms with Gasteiger partial charge in [0.2, 0.25) is 5.91 Å². The van der Waals surface area contributed by atoms with Crippen molar-refractivity contribution in [3.63, 3.8) is 0 Å². The number of hydrogen-bond acceptors (Lipinski definition) is 6. The Morgan fingerprint density at radius 3 is 2.63 bits per heavy atom. The Bertz CT molecular complexity index is 1140. The number of fused-ring (bicyclic) bond motifs is 1. The van der Waals surface area contributed by atoms with Crippen LogP contribution in [0.5, 0.6) is 0 Å². The summed E-state index contributed by atoms with van der Waals surface area (Å²) in [7, 11) is 0. The molecule has 0 bridgehead atoms. The number of amides is 2. The maximum atomic E-state index is 13.2. The summed E-state index contributed by atoms with van der Waals surface area (Å²) in [6.07, 6.45) is 1.16. The molecule has 0 fully saturated rings. The maximum absolute atomic E-state index is 13.2. The van der Waals surface area contributed by atoms with E-state index >= 15 is 0 Å². The molecule has 10 heteroatoms. The first-order chi connectivity index (χ1) is 14.4. The van der Waals surface area contributed by atoms with Gasteiger partial charge in [0, 0.05) is 18.7 Å². The molecule has 3 aromatic rings. The van der Waals surface area contributed by atoms with E-state index in [2.05, 4.69) is 26.2 Å². The molecule has 0 radical (unpaired) electrons. The molecule has 0 saturated heterocycles. The number of halogens is 1. The molecule has 154 valence electrons. The SMILES string of the molecule is C=CC(=O)Nc1nc(-c2nc(C)ns2)n2c1[C@@H](C)N(C(=O)c1ccc(F)cc1)CC2. The number of aryl methyl sites for hydroxylation is 1. The average molecular weight is 426 g/mol. The van der Waals surface area contributed by atoms with Gasteiger partial charge in [-0.15, -0.1) is 0 Å². The second-order valence-electron chi connectivity index (χ2n) is 6.84. The topological polar surface area (TPSA) is 93.0 Å². The molecule has 0 aliphatic carbocycles. The zero-order valence-corrected chi connectivity index (χ0v) is 17.2. The lowest BCUT2D eigenvalue weighted by molar-refractivity contribution is -0.111. The van der Waals surface area contributed by atoms with Gasteiger partial charge in [-0.25, -0.2) is 14.4 Å². The normalized spacial score (nSPS) is 15.6. The van der Waals surface area contributed by atoms with Crippen LogP contribution in [0.15, 0.2) is 36.9 Å². The Morgan fingerprint density at radius 2 is 2.00 bits per heavy atom. The minimum absolute atomic E-state index is 0.218. The summed E-state index contributed by atoms with van der Waals surface area (Å²) in [5.41, 5.74) is 1.09. The third-order valence-electron chi connectivity index (χ3n) is 4.93. The molecular weight excluding hydrogens is 407 g/mol. The number of nitrogens with zero attached hydrogens (tertiary/aromatic N) is 5. The summed E-state index contributed by atoms with van der Waals surface area (Å²) in [6.45, 7) is 8.05. The van der Waals surface area contributed by atoms with Gasteiger partial charge < -0.3 is 14.8 Å². The van der Waals surface area contributed by atoms with Crippen LogP contribution in [0.4, 0.5) is 10.2 Å². The molecule has 0 saturated carbocycles. The molecule has 0 spiro atoms. The van der Waals surface area contributed by atoms with Crippen molar-refractivity contribution in [2.75, 3.05) is 11.9 Å². The quantitative estimate of drug-likeness (QED) is 0.647. The molecule has 30 heavy (non-hydrogen) atoms. The number of carbonyl (C=O) groups is 2. The molecule has 8 nitrogen and oxygen atoms in total. The van der Waals surface area contributed by atoms with Crippen molar-refractivity contribution in [1.29, 1.82) is 0 Å². The van der Waals surface area contributed by atoms with Crippen molar-refractivity contribution in [3.8, 4) is 10.8 Å². The fourth-order valence-corrected chi connectivity index (χ4v) is 4.18. The lowest BCUT2D eigenvalue weighted by atomic mass is 10.1. The molecule has 3 heterocycles. The van der Waals surface area contributed by atoms with E-state index in [-0.39, 0.29) is 11.9 Å². The number of aromatic nitrogens is 4. The van der Waals surface area contributed by atoms with Gasteiger partial charge >= 0.3 is 0 Å².